The summed E-state index contributed by atoms with van der Waals surface area (Å²) in [7, 11) is 0. The topological polar surface area (TPSA) is 81.1 Å². The summed E-state index contributed by atoms with van der Waals surface area (Å²) in [5.74, 6) is -0.0960. The van der Waals surface area contributed by atoms with E-state index in [-0.39, 0.29) is 5.56 Å². The Kier molecular flexibility index (Phi) is 7.19. The Hall–Kier alpha value is -3.45. The molecule has 1 fully saturated rings. The summed E-state index contributed by atoms with van der Waals surface area (Å²) in [4.78, 5) is 18.9. The van der Waals surface area contributed by atoms with Gasteiger partial charge in [0.2, 0.25) is 0 Å². The molecule has 1 aliphatic rings. The zero-order chi connectivity index (χ0) is 23.2. The van der Waals surface area contributed by atoms with Gasteiger partial charge in [0, 0.05) is 37.1 Å². The number of hydrogen-bond acceptors (Lipinski definition) is 4. The molecule has 4 rings (SSSR count). The second-order valence-corrected chi connectivity index (χ2v) is 8.39. The maximum atomic E-state index is 13.9. The minimum Gasteiger partial charge on any atom is -0.380 e. The molecule has 0 saturated carbocycles. The monoisotopic (exact) mass is 465 g/mol. The van der Waals surface area contributed by atoms with Crippen molar-refractivity contribution < 1.29 is 9.18 Å². The summed E-state index contributed by atoms with van der Waals surface area (Å²) in [6.07, 6.45) is 4.92. The molecule has 1 saturated heterocycles. The lowest BCUT2D eigenvalue weighted by molar-refractivity contribution is 0.102. The first-order chi connectivity index (χ1) is 16.0. The van der Waals surface area contributed by atoms with Crippen molar-refractivity contribution in [2.75, 3.05) is 23.7 Å². The first-order valence-corrected chi connectivity index (χ1v) is 11.3. The van der Waals surface area contributed by atoms with Crippen molar-refractivity contribution in [3.8, 4) is 0 Å². The highest BCUT2D eigenvalue weighted by Crippen LogP contribution is 2.21. The van der Waals surface area contributed by atoms with Crippen LogP contribution in [0.4, 0.5) is 15.9 Å². The van der Waals surface area contributed by atoms with E-state index in [0.29, 0.717) is 28.9 Å². The van der Waals surface area contributed by atoms with Gasteiger partial charge in [-0.2, -0.15) is 0 Å². The number of likely N-dealkylation sites (tertiary alicyclic amines) is 1. The van der Waals surface area contributed by atoms with Gasteiger partial charge in [-0.25, -0.2) is 9.37 Å². The Morgan fingerprint density at radius 2 is 1.82 bits per heavy atom. The normalized spacial score (nSPS) is 13.5. The molecule has 0 bridgehead atoms. The fourth-order valence-corrected chi connectivity index (χ4v) is 3.88. The average molecular weight is 466 g/mol. The number of hydrogen-bond donors (Lipinski definition) is 3. The van der Waals surface area contributed by atoms with Gasteiger partial charge >= 0.3 is 0 Å². The van der Waals surface area contributed by atoms with Crippen LogP contribution in [0.3, 0.4) is 0 Å². The van der Waals surface area contributed by atoms with E-state index in [9.17, 15) is 9.18 Å². The van der Waals surface area contributed by atoms with Crippen LogP contribution in [-0.4, -0.2) is 34.7 Å². The van der Waals surface area contributed by atoms with Crippen molar-refractivity contribution in [3.05, 3.63) is 88.3 Å². The fourth-order valence-electron chi connectivity index (χ4n) is 3.77. The molecule has 1 amide bonds. The number of piperidine rings is 1. The number of nitrogens with zero attached hydrogens (tertiary/aromatic N) is 2. The van der Waals surface area contributed by atoms with E-state index < -0.39 is 11.7 Å². The van der Waals surface area contributed by atoms with E-state index in [1.807, 2.05) is 24.3 Å². The lowest BCUT2D eigenvalue weighted by Crippen LogP contribution is -2.35. The number of carbonyl (C=O) groups is 1. The minimum atomic E-state index is -0.504. The first-order valence-electron chi connectivity index (χ1n) is 10.9. The summed E-state index contributed by atoms with van der Waals surface area (Å²) >= 11 is 5.83. The number of rotatable bonds is 6. The van der Waals surface area contributed by atoms with Crippen LogP contribution in [-0.2, 0) is 6.54 Å². The largest absolute Gasteiger partial charge is 0.380 e. The van der Waals surface area contributed by atoms with Crippen LogP contribution in [0.15, 0.2) is 60.8 Å². The number of benzene rings is 2. The number of anilines is 2. The van der Waals surface area contributed by atoms with Gasteiger partial charge in [0.15, 0.2) is 0 Å². The average Bonchev–Trinajstić information content (AvgIpc) is 2.85. The number of carbonyl (C=O) groups excluding carboxylic acids is 1. The molecule has 6 nitrogen and oxygen atoms in total. The number of nitrogens with one attached hydrogen (secondary N) is 3. The quantitative estimate of drug-likeness (QED) is 0.329. The van der Waals surface area contributed by atoms with Crippen molar-refractivity contribution in [1.29, 1.82) is 5.41 Å². The lowest BCUT2D eigenvalue weighted by Gasteiger charge is -2.29. The van der Waals surface area contributed by atoms with Crippen LogP contribution in [0, 0.1) is 11.2 Å². The molecule has 0 atom stereocenters. The number of pyridine rings is 1. The summed E-state index contributed by atoms with van der Waals surface area (Å²) in [5.41, 5.74) is 2.56. The predicted octanol–water partition coefficient (Wildman–Crippen LogP) is 5.55. The third-order valence-corrected chi connectivity index (χ3v) is 5.80. The fraction of sp³-hybridized carbons (Fsp3) is 0.240. The Labute approximate surface area is 197 Å². The molecule has 2 heterocycles. The number of halogens is 2. The summed E-state index contributed by atoms with van der Waals surface area (Å²) in [6.45, 7) is 2.31. The highest BCUT2D eigenvalue weighted by Gasteiger charge is 2.16. The van der Waals surface area contributed by atoms with Crippen molar-refractivity contribution >= 4 is 34.8 Å². The first kappa shape index (κ1) is 22.7. The van der Waals surface area contributed by atoms with Crippen molar-refractivity contribution in [2.24, 2.45) is 0 Å². The van der Waals surface area contributed by atoms with Gasteiger partial charge in [0.05, 0.1) is 10.6 Å². The van der Waals surface area contributed by atoms with Crippen LogP contribution < -0.4 is 10.6 Å². The van der Waals surface area contributed by atoms with Crippen LogP contribution in [0.1, 0.15) is 40.7 Å². The standard InChI is InChI=1S/C25H25ClFN5O/c26-19-8-11-23(30-16-19)31-25(33)21-14-20(27)9-10-22(21)29-15-17-4-6-18(7-5-17)24(28)32-12-2-1-3-13-32/h4-11,14,16,28-29H,1-3,12-13,15H2,(H,30,31,33). The predicted molar refractivity (Wildman–Crippen MR) is 130 cm³/mol. The molecule has 1 aromatic heterocycles. The van der Waals surface area contributed by atoms with E-state index in [4.69, 9.17) is 17.0 Å². The molecule has 8 heteroatoms. The van der Waals surface area contributed by atoms with Gasteiger partial charge in [-0.15, -0.1) is 0 Å². The molecule has 3 N–H and O–H groups in total. The zero-order valence-electron chi connectivity index (χ0n) is 18.1. The van der Waals surface area contributed by atoms with Gasteiger partial charge in [0.25, 0.3) is 5.91 Å². The van der Waals surface area contributed by atoms with Crippen molar-refractivity contribution in [2.45, 2.75) is 25.8 Å². The maximum absolute atomic E-state index is 13.9. The molecule has 0 spiro atoms. The van der Waals surface area contributed by atoms with E-state index in [1.54, 1.807) is 18.2 Å². The summed E-state index contributed by atoms with van der Waals surface area (Å²) < 4.78 is 13.9. The van der Waals surface area contributed by atoms with Crippen LogP contribution in [0.25, 0.3) is 0 Å². The molecular weight excluding hydrogens is 441 g/mol. The number of amides is 1. The molecule has 170 valence electrons. The highest BCUT2D eigenvalue weighted by atomic mass is 35.5. The van der Waals surface area contributed by atoms with Gasteiger partial charge in [-0.1, -0.05) is 35.9 Å². The van der Waals surface area contributed by atoms with Crippen molar-refractivity contribution in [3.63, 3.8) is 0 Å². The lowest BCUT2D eigenvalue weighted by atomic mass is 10.1. The summed E-state index contributed by atoms with van der Waals surface area (Å²) in [5, 5.41) is 14.8. The molecule has 33 heavy (non-hydrogen) atoms. The molecule has 0 radical (unpaired) electrons. The third-order valence-electron chi connectivity index (χ3n) is 5.58. The Morgan fingerprint density at radius 1 is 1.06 bits per heavy atom. The second kappa shape index (κ2) is 10.4. The van der Waals surface area contributed by atoms with Crippen molar-refractivity contribution in [1.82, 2.24) is 9.88 Å². The molecule has 1 aliphatic heterocycles. The van der Waals surface area contributed by atoms with Gasteiger partial charge < -0.3 is 15.5 Å². The van der Waals surface area contributed by atoms with E-state index in [2.05, 4.69) is 20.5 Å². The highest BCUT2D eigenvalue weighted by molar-refractivity contribution is 6.30. The van der Waals surface area contributed by atoms with E-state index >= 15 is 0 Å². The van der Waals surface area contributed by atoms with Crippen LogP contribution in [0.2, 0.25) is 5.02 Å². The van der Waals surface area contributed by atoms with Gasteiger partial charge in [-0.05, 0) is 55.2 Å². The maximum Gasteiger partial charge on any atom is 0.259 e. The zero-order valence-corrected chi connectivity index (χ0v) is 18.8. The number of amidine groups is 1. The Bertz CT molecular complexity index is 1130. The van der Waals surface area contributed by atoms with Crippen LogP contribution in [0.5, 0.6) is 0 Å². The van der Waals surface area contributed by atoms with Crippen LogP contribution >= 0.6 is 11.6 Å². The molecule has 0 unspecified atom stereocenters. The second-order valence-electron chi connectivity index (χ2n) is 7.95. The molecule has 0 aliphatic carbocycles. The smallest absolute Gasteiger partial charge is 0.259 e. The Morgan fingerprint density at radius 3 is 2.52 bits per heavy atom. The number of aromatic nitrogens is 1. The van der Waals surface area contributed by atoms with E-state index in [1.165, 1.54) is 24.8 Å². The van der Waals surface area contributed by atoms with Gasteiger partial charge in [0.1, 0.15) is 17.5 Å². The molecular formula is C25H25ClFN5O. The molecule has 3 aromatic rings. The van der Waals surface area contributed by atoms with E-state index in [0.717, 1.165) is 37.1 Å². The Balaban J connectivity index is 1.42. The minimum absolute atomic E-state index is 0.176. The summed E-state index contributed by atoms with van der Waals surface area (Å²) in [6, 6.07) is 15.0. The SMILES string of the molecule is N=C(c1ccc(CNc2ccc(F)cc2C(=O)Nc2ccc(Cl)cn2)cc1)N1CCCCC1. The van der Waals surface area contributed by atoms with Gasteiger partial charge in [-0.3, -0.25) is 10.2 Å². The molecule has 2 aromatic carbocycles. The third kappa shape index (κ3) is 5.87.